The minimum atomic E-state index is -0.144. The van der Waals surface area contributed by atoms with Crippen molar-refractivity contribution in [1.82, 2.24) is 10.6 Å². The van der Waals surface area contributed by atoms with Gasteiger partial charge in [0.25, 0.3) is 0 Å². The summed E-state index contributed by atoms with van der Waals surface area (Å²) < 4.78 is 0. The smallest absolute Gasteiger partial charge is 0.315 e. The number of amides is 2. The summed E-state index contributed by atoms with van der Waals surface area (Å²) in [6, 6.07) is 0.0288. The Morgan fingerprint density at radius 2 is 1.87 bits per heavy atom. The van der Waals surface area contributed by atoms with Crippen molar-refractivity contribution in [1.29, 1.82) is 0 Å². The van der Waals surface area contributed by atoms with E-state index in [1.54, 1.807) is 0 Å². The maximum absolute atomic E-state index is 11.2. The molecule has 0 aliphatic carbocycles. The van der Waals surface area contributed by atoms with E-state index in [1.807, 2.05) is 13.8 Å². The molecule has 4 heteroatoms. The van der Waals surface area contributed by atoms with E-state index in [4.69, 9.17) is 5.73 Å². The van der Waals surface area contributed by atoms with Crippen LogP contribution >= 0.6 is 0 Å². The van der Waals surface area contributed by atoms with Crippen LogP contribution in [-0.4, -0.2) is 24.7 Å². The summed E-state index contributed by atoms with van der Waals surface area (Å²) in [6.45, 7) is 10.8. The van der Waals surface area contributed by atoms with E-state index in [-0.39, 0.29) is 23.5 Å². The van der Waals surface area contributed by atoms with E-state index in [0.717, 1.165) is 6.42 Å². The van der Waals surface area contributed by atoms with Crippen molar-refractivity contribution in [2.45, 2.75) is 53.1 Å². The monoisotopic (exact) mass is 215 g/mol. The van der Waals surface area contributed by atoms with Gasteiger partial charge in [-0.1, -0.05) is 20.8 Å². The third kappa shape index (κ3) is 9.53. The van der Waals surface area contributed by atoms with E-state index in [0.29, 0.717) is 6.54 Å². The van der Waals surface area contributed by atoms with Gasteiger partial charge in [0.2, 0.25) is 0 Å². The second-order valence-electron chi connectivity index (χ2n) is 5.53. The molecule has 0 fully saturated rings. The lowest BCUT2D eigenvalue weighted by atomic mass is 9.88. The summed E-state index contributed by atoms with van der Waals surface area (Å²) in [5, 5.41) is 5.52. The fourth-order valence-electron chi connectivity index (χ4n) is 1.40. The first-order valence-corrected chi connectivity index (χ1v) is 5.50. The van der Waals surface area contributed by atoms with E-state index < -0.39 is 0 Å². The van der Waals surface area contributed by atoms with Crippen LogP contribution in [0.25, 0.3) is 0 Å². The Hall–Kier alpha value is -0.770. The van der Waals surface area contributed by atoms with E-state index >= 15 is 0 Å². The molecule has 15 heavy (non-hydrogen) atoms. The molecule has 1 unspecified atom stereocenters. The molecule has 0 saturated heterocycles. The summed E-state index contributed by atoms with van der Waals surface area (Å²) in [7, 11) is 0. The molecular weight excluding hydrogens is 190 g/mol. The lowest BCUT2D eigenvalue weighted by molar-refractivity contribution is 0.236. The highest BCUT2D eigenvalue weighted by Gasteiger charge is 2.16. The van der Waals surface area contributed by atoms with Crippen LogP contribution in [-0.2, 0) is 0 Å². The van der Waals surface area contributed by atoms with Crippen LogP contribution < -0.4 is 16.4 Å². The average Bonchev–Trinajstić information content (AvgIpc) is 1.96. The van der Waals surface area contributed by atoms with Crippen LogP contribution in [0.1, 0.15) is 41.0 Å². The molecule has 0 aromatic rings. The number of nitrogens with two attached hydrogens (primary N) is 1. The van der Waals surface area contributed by atoms with Crippen LogP contribution in [0.2, 0.25) is 0 Å². The minimum absolute atomic E-state index is 0.0166. The van der Waals surface area contributed by atoms with Crippen molar-refractivity contribution in [2.24, 2.45) is 11.1 Å². The molecule has 0 aliphatic heterocycles. The molecular formula is C11H25N3O. The van der Waals surface area contributed by atoms with Crippen molar-refractivity contribution < 1.29 is 4.79 Å². The zero-order valence-electron chi connectivity index (χ0n) is 10.6. The largest absolute Gasteiger partial charge is 0.337 e. The summed E-state index contributed by atoms with van der Waals surface area (Å²) in [4.78, 5) is 11.2. The molecule has 0 heterocycles. The molecule has 0 aliphatic rings. The molecule has 0 radical (unpaired) electrons. The van der Waals surface area contributed by atoms with Crippen molar-refractivity contribution in [3.63, 3.8) is 0 Å². The molecule has 0 aromatic carbocycles. The van der Waals surface area contributed by atoms with E-state index in [2.05, 4.69) is 31.4 Å². The second-order valence-corrected chi connectivity index (χ2v) is 5.53. The number of rotatable bonds is 4. The summed E-state index contributed by atoms with van der Waals surface area (Å²) in [6.07, 6.45) is 0.898. The quantitative estimate of drug-likeness (QED) is 0.664. The van der Waals surface area contributed by atoms with Gasteiger partial charge in [-0.25, -0.2) is 4.79 Å². The van der Waals surface area contributed by atoms with Crippen LogP contribution in [0.5, 0.6) is 0 Å². The Bertz CT molecular complexity index is 196. The molecule has 0 rings (SSSR count). The highest BCUT2D eigenvalue weighted by atomic mass is 16.2. The third-order valence-corrected chi connectivity index (χ3v) is 1.82. The van der Waals surface area contributed by atoms with Crippen LogP contribution in [0.3, 0.4) is 0 Å². The van der Waals surface area contributed by atoms with Gasteiger partial charge in [0, 0.05) is 18.6 Å². The van der Waals surface area contributed by atoms with Gasteiger partial charge in [-0.05, 0) is 25.7 Å². The molecule has 0 bridgehead atoms. The molecule has 0 spiro atoms. The third-order valence-electron chi connectivity index (χ3n) is 1.82. The standard InChI is InChI=1S/C11H25N3O/c1-8(2)14-10(15)13-7-9(12)6-11(3,4)5/h8-9H,6-7,12H2,1-5H3,(H2,13,14,15). The van der Waals surface area contributed by atoms with Crippen LogP contribution in [0.15, 0.2) is 0 Å². The van der Waals surface area contributed by atoms with Gasteiger partial charge in [-0.2, -0.15) is 0 Å². The topological polar surface area (TPSA) is 67.2 Å². The predicted octanol–water partition coefficient (Wildman–Crippen LogP) is 1.46. The van der Waals surface area contributed by atoms with Crippen molar-refractivity contribution in [3.8, 4) is 0 Å². The van der Waals surface area contributed by atoms with Crippen molar-refractivity contribution in [3.05, 3.63) is 0 Å². The molecule has 4 nitrogen and oxygen atoms in total. The molecule has 90 valence electrons. The lowest BCUT2D eigenvalue weighted by Gasteiger charge is -2.23. The number of urea groups is 1. The summed E-state index contributed by atoms with van der Waals surface area (Å²) in [5.41, 5.74) is 6.10. The number of carbonyl (C=O) groups is 1. The highest BCUT2D eigenvalue weighted by molar-refractivity contribution is 5.74. The van der Waals surface area contributed by atoms with Gasteiger partial charge in [0.05, 0.1) is 0 Å². The van der Waals surface area contributed by atoms with Gasteiger partial charge >= 0.3 is 6.03 Å². The zero-order valence-corrected chi connectivity index (χ0v) is 10.6. The Kier molecular flexibility index (Phi) is 5.65. The molecule has 0 aromatic heterocycles. The summed E-state index contributed by atoms with van der Waals surface area (Å²) in [5.74, 6) is 0. The first-order valence-electron chi connectivity index (χ1n) is 5.50. The Morgan fingerprint density at radius 3 is 2.27 bits per heavy atom. The SMILES string of the molecule is CC(C)NC(=O)NCC(N)CC(C)(C)C. The highest BCUT2D eigenvalue weighted by Crippen LogP contribution is 2.19. The molecule has 1 atom stereocenters. The zero-order chi connectivity index (χ0) is 12.1. The molecule has 2 amide bonds. The van der Waals surface area contributed by atoms with Crippen LogP contribution in [0, 0.1) is 5.41 Å². The van der Waals surface area contributed by atoms with Gasteiger partial charge < -0.3 is 16.4 Å². The van der Waals surface area contributed by atoms with E-state index in [9.17, 15) is 4.79 Å². The minimum Gasteiger partial charge on any atom is -0.337 e. The number of carbonyl (C=O) groups excluding carboxylic acids is 1. The fourth-order valence-corrected chi connectivity index (χ4v) is 1.40. The lowest BCUT2D eigenvalue weighted by Crippen LogP contribution is -2.45. The van der Waals surface area contributed by atoms with Gasteiger partial charge in [-0.3, -0.25) is 0 Å². The maximum atomic E-state index is 11.2. The van der Waals surface area contributed by atoms with Crippen molar-refractivity contribution >= 4 is 6.03 Å². The summed E-state index contributed by atoms with van der Waals surface area (Å²) >= 11 is 0. The predicted molar refractivity (Wildman–Crippen MR) is 63.7 cm³/mol. The van der Waals surface area contributed by atoms with Gasteiger partial charge in [0.15, 0.2) is 0 Å². The molecule has 4 N–H and O–H groups in total. The fraction of sp³-hybridized carbons (Fsp3) is 0.909. The van der Waals surface area contributed by atoms with Crippen LogP contribution in [0.4, 0.5) is 4.79 Å². The maximum Gasteiger partial charge on any atom is 0.315 e. The molecule has 0 saturated carbocycles. The normalized spacial score (nSPS) is 13.8. The van der Waals surface area contributed by atoms with Gasteiger partial charge in [-0.15, -0.1) is 0 Å². The average molecular weight is 215 g/mol. The Balaban J connectivity index is 3.71. The number of hydrogen-bond donors (Lipinski definition) is 3. The van der Waals surface area contributed by atoms with E-state index in [1.165, 1.54) is 0 Å². The Labute approximate surface area is 93.0 Å². The van der Waals surface area contributed by atoms with Gasteiger partial charge in [0.1, 0.15) is 0 Å². The Morgan fingerprint density at radius 1 is 1.33 bits per heavy atom. The van der Waals surface area contributed by atoms with Crippen molar-refractivity contribution in [2.75, 3.05) is 6.54 Å². The first kappa shape index (κ1) is 14.2. The second kappa shape index (κ2) is 5.95. The number of hydrogen-bond acceptors (Lipinski definition) is 2. The number of nitrogens with one attached hydrogen (secondary N) is 2. The first-order chi connectivity index (χ1) is 6.70.